The molecule has 0 spiro atoms. The van der Waals surface area contributed by atoms with E-state index < -0.39 is 0 Å². The Morgan fingerprint density at radius 3 is 2.70 bits per heavy atom. The molecule has 7 nitrogen and oxygen atoms in total. The number of carbonyl (C=O) groups excluding carboxylic acids is 1. The maximum absolute atomic E-state index is 12.4. The van der Waals surface area contributed by atoms with Crippen LogP contribution in [0.15, 0.2) is 24.5 Å². The zero-order valence-electron chi connectivity index (χ0n) is 15.6. The van der Waals surface area contributed by atoms with E-state index in [1.54, 1.807) is 6.20 Å². The summed E-state index contributed by atoms with van der Waals surface area (Å²) in [6, 6.07) is 6.10. The SMILES string of the molecule is Cc1cc(C#N)cnc1N1CCc2ncc(N3CCN(C)CC3=O)cc2C1. The fourth-order valence-electron chi connectivity index (χ4n) is 3.77. The predicted octanol–water partition coefficient (Wildman–Crippen LogP) is 1.50. The Morgan fingerprint density at radius 1 is 1.11 bits per heavy atom. The van der Waals surface area contributed by atoms with Crippen molar-refractivity contribution in [1.82, 2.24) is 14.9 Å². The van der Waals surface area contributed by atoms with Gasteiger partial charge in [-0.25, -0.2) is 4.98 Å². The van der Waals surface area contributed by atoms with Crippen molar-refractivity contribution in [1.29, 1.82) is 5.26 Å². The van der Waals surface area contributed by atoms with Crippen LogP contribution in [0.2, 0.25) is 0 Å². The number of nitrogens with zero attached hydrogens (tertiary/aromatic N) is 6. The number of hydrogen-bond acceptors (Lipinski definition) is 6. The van der Waals surface area contributed by atoms with Crippen molar-refractivity contribution in [2.75, 3.05) is 43.0 Å². The molecule has 1 amide bonds. The molecule has 0 unspecified atom stereocenters. The van der Waals surface area contributed by atoms with Gasteiger partial charge in [0, 0.05) is 44.5 Å². The molecule has 0 bridgehead atoms. The van der Waals surface area contributed by atoms with Crippen molar-refractivity contribution in [3.63, 3.8) is 0 Å². The van der Waals surface area contributed by atoms with Crippen molar-refractivity contribution >= 4 is 17.4 Å². The van der Waals surface area contributed by atoms with Gasteiger partial charge >= 0.3 is 0 Å². The highest BCUT2D eigenvalue weighted by atomic mass is 16.2. The van der Waals surface area contributed by atoms with Crippen LogP contribution in [0.1, 0.15) is 22.4 Å². The van der Waals surface area contributed by atoms with Gasteiger partial charge in [-0.2, -0.15) is 5.26 Å². The summed E-state index contributed by atoms with van der Waals surface area (Å²) in [7, 11) is 1.96. The van der Waals surface area contributed by atoms with E-state index in [0.29, 0.717) is 25.2 Å². The number of piperazine rings is 1. The summed E-state index contributed by atoms with van der Waals surface area (Å²) in [6.07, 6.45) is 4.28. The van der Waals surface area contributed by atoms with Crippen LogP contribution in [0.5, 0.6) is 0 Å². The Hall–Kier alpha value is -2.98. The normalized spacial score (nSPS) is 17.6. The topological polar surface area (TPSA) is 76.4 Å². The first-order valence-electron chi connectivity index (χ1n) is 9.13. The average molecular weight is 362 g/mol. The molecular formula is C20H22N6O. The maximum Gasteiger partial charge on any atom is 0.241 e. The molecular weight excluding hydrogens is 340 g/mol. The number of pyridine rings is 2. The number of likely N-dealkylation sites (N-methyl/N-ethyl adjacent to an activating group) is 1. The van der Waals surface area contributed by atoms with Gasteiger partial charge < -0.3 is 9.80 Å². The van der Waals surface area contributed by atoms with Crippen LogP contribution in [-0.4, -0.2) is 54.0 Å². The second-order valence-corrected chi connectivity index (χ2v) is 7.23. The molecule has 2 aliphatic heterocycles. The minimum atomic E-state index is 0.114. The molecule has 1 fully saturated rings. The van der Waals surface area contributed by atoms with Gasteiger partial charge in [-0.15, -0.1) is 0 Å². The van der Waals surface area contributed by atoms with Gasteiger partial charge in [0.2, 0.25) is 5.91 Å². The van der Waals surface area contributed by atoms with Crippen molar-refractivity contribution in [2.24, 2.45) is 0 Å². The fraction of sp³-hybridized carbons (Fsp3) is 0.400. The molecule has 27 heavy (non-hydrogen) atoms. The van der Waals surface area contributed by atoms with Crippen LogP contribution in [0.4, 0.5) is 11.5 Å². The standard InChI is InChI=1S/C20H22N6O/c1-14-7-15(9-21)10-23-20(14)25-4-3-18-16(12-25)8-17(11-22-18)26-6-5-24(2)13-19(26)27/h7-8,10-11H,3-6,12-13H2,1-2H3. The number of anilines is 2. The lowest BCUT2D eigenvalue weighted by Crippen LogP contribution is -2.49. The third kappa shape index (κ3) is 3.36. The van der Waals surface area contributed by atoms with E-state index in [1.807, 2.05) is 36.0 Å². The number of rotatable bonds is 2. The predicted molar refractivity (Wildman–Crippen MR) is 103 cm³/mol. The molecule has 0 aromatic carbocycles. The monoisotopic (exact) mass is 362 g/mol. The van der Waals surface area contributed by atoms with Gasteiger partial charge in [-0.3, -0.25) is 14.7 Å². The number of aromatic nitrogens is 2. The molecule has 0 radical (unpaired) electrons. The number of fused-ring (bicyclic) bond motifs is 1. The molecule has 0 N–H and O–H groups in total. The average Bonchev–Trinajstić information content (AvgIpc) is 2.67. The van der Waals surface area contributed by atoms with Crippen LogP contribution >= 0.6 is 0 Å². The largest absolute Gasteiger partial charge is 0.352 e. The van der Waals surface area contributed by atoms with Gasteiger partial charge in [0.15, 0.2) is 0 Å². The van der Waals surface area contributed by atoms with Gasteiger partial charge in [-0.05, 0) is 37.2 Å². The quantitative estimate of drug-likeness (QED) is 0.806. The number of aryl methyl sites for hydroxylation is 1. The Labute approximate surface area is 158 Å². The van der Waals surface area contributed by atoms with E-state index in [9.17, 15) is 4.79 Å². The second kappa shape index (κ2) is 6.97. The first-order chi connectivity index (χ1) is 13.0. The van der Waals surface area contributed by atoms with Crippen molar-refractivity contribution in [3.05, 3.63) is 46.9 Å². The third-order valence-electron chi connectivity index (χ3n) is 5.23. The molecule has 0 saturated carbocycles. The van der Waals surface area contributed by atoms with Gasteiger partial charge in [0.1, 0.15) is 11.9 Å². The molecule has 2 aromatic heterocycles. The van der Waals surface area contributed by atoms with Crippen LogP contribution in [0, 0.1) is 18.3 Å². The van der Waals surface area contributed by atoms with Crippen molar-refractivity contribution in [2.45, 2.75) is 19.9 Å². The highest BCUT2D eigenvalue weighted by Crippen LogP contribution is 2.28. The molecule has 7 heteroatoms. The van der Waals surface area contributed by atoms with Crippen LogP contribution in [0.25, 0.3) is 0 Å². The van der Waals surface area contributed by atoms with Gasteiger partial charge in [0.05, 0.1) is 24.0 Å². The second-order valence-electron chi connectivity index (χ2n) is 7.23. The third-order valence-corrected chi connectivity index (χ3v) is 5.23. The number of hydrogen-bond donors (Lipinski definition) is 0. The molecule has 1 saturated heterocycles. The van der Waals surface area contributed by atoms with E-state index in [0.717, 1.165) is 47.8 Å². The zero-order chi connectivity index (χ0) is 19.0. The molecule has 4 rings (SSSR count). The van der Waals surface area contributed by atoms with Crippen LogP contribution < -0.4 is 9.80 Å². The maximum atomic E-state index is 12.4. The Bertz CT molecular complexity index is 935. The molecule has 0 atom stereocenters. The summed E-state index contributed by atoms with van der Waals surface area (Å²) >= 11 is 0. The first-order valence-corrected chi connectivity index (χ1v) is 9.13. The molecule has 2 aliphatic rings. The van der Waals surface area contributed by atoms with E-state index in [-0.39, 0.29) is 5.91 Å². The van der Waals surface area contributed by atoms with Gasteiger partial charge in [0.25, 0.3) is 0 Å². The van der Waals surface area contributed by atoms with E-state index in [2.05, 4.69) is 27.0 Å². The summed E-state index contributed by atoms with van der Waals surface area (Å²) < 4.78 is 0. The Morgan fingerprint density at radius 2 is 1.96 bits per heavy atom. The van der Waals surface area contributed by atoms with E-state index in [1.165, 1.54) is 0 Å². The minimum absolute atomic E-state index is 0.114. The zero-order valence-corrected chi connectivity index (χ0v) is 15.6. The van der Waals surface area contributed by atoms with Crippen molar-refractivity contribution < 1.29 is 4.79 Å². The van der Waals surface area contributed by atoms with Crippen LogP contribution in [0.3, 0.4) is 0 Å². The van der Waals surface area contributed by atoms with E-state index in [4.69, 9.17) is 5.26 Å². The van der Waals surface area contributed by atoms with Gasteiger partial charge in [-0.1, -0.05) is 0 Å². The number of nitriles is 1. The lowest BCUT2D eigenvalue weighted by Gasteiger charge is -2.34. The van der Waals surface area contributed by atoms with Crippen molar-refractivity contribution in [3.8, 4) is 6.07 Å². The highest BCUT2D eigenvalue weighted by Gasteiger charge is 2.25. The smallest absolute Gasteiger partial charge is 0.241 e. The number of amides is 1. The Balaban J connectivity index is 1.59. The summed E-state index contributed by atoms with van der Waals surface area (Å²) in [5.41, 5.74) is 4.67. The molecule has 2 aromatic rings. The molecule has 4 heterocycles. The summed E-state index contributed by atoms with van der Waals surface area (Å²) in [5, 5.41) is 9.04. The summed E-state index contributed by atoms with van der Waals surface area (Å²) in [5.74, 6) is 1.02. The summed E-state index contributed by atoms with van der Waals surface area (Å²) in [4.78, 5) is 27.6. The lowest BCUT2D eigenvalue weighted by molar-refractivity contribution is -0.120. The first kappa shape index (κ1) is 17.4. The fourth-order valence-corrected chi connectivity index (χ4v) is 3.77. The highest BCUT2D eigenvalue weighted by molar-refractivity contribution is 5.95. The van der Waals surface area contributed by atoms with E-state index >= 15 is 0 Å². The summed E-state index contributed by atoms with van der Waals surface area (Å²) in [6.45, 7) is 5.53. The lowest BCUT2D eigenvalue weighted by atomic mass is 10.0. The Kier molecular flexibility index (Phi) is 4.50. The minimum Gasteiger partial charge on any atom is -0.352 e. The molecule has 0 aliphatic carbocycles. The number of carbonyl (C=O) groups is 1. The van der Waals surface area contributed by atoms with Crippen LogP contribution in [-0.2, 0) is 17.8 Å². The molecule has 138 valence electrons.